The third-order valence-corrected chi connectivity index (χ3v) is 1.75. The third kappa shape index (κ3) is 0.802. The van der Waals surface area contributed by atoms with Gasteiger partial charge in [-0.25, -0.2) is 0 Å². The lowest BCUT2D eigenvalue weighted by molar-refractivity contribution is -0.126. The summed E-state index contributed by atoms with van der Waals surface area (Å²) in [6.07, 6.45) is 0.905. The van der Waals surface area contributed by atoms with Crippen LogP contribution in [0.2, 0.25) is 0 Å². The minimum atomic E-state index is 0.0617. The number of rotatable bonds is 0. The molecule has 8 heavy (non-hydrogen) atoms. The van der Waals surface area contributed by atoms with Gasteiger partial charge in [0.05, 0.1) is 0 Å². The number of amides is 1. The van der Waals surface area contributed by atoms with Gasteiger partial charge in [-0.2, -0.15) is 0 Å². The summed E-state index contributed by atoms with van der Waals surface area (Å²) in [7, 11) is 0. The lowest BCUT2D eigenvalue weighted by Crippen LogP contribution is -2.15. The van der Waals surface area contributed by atoms with E-state index in [1.165, 1.54) is 4.42 Å². The number of hydrogen-bond donors (Lipinski definition) is 0. The van der Waals surface area contributed by atoms with E-state index in [2.05, 4.69) is 0 Å². The standard InChI is InChI=1S/C5H8ClNO/c1-4-2-3-7(6)5(4)8/h4H,2-3H2,1H3. The summed E-state index contributed by atoms with van der Waals surface area (Å²) in [6, 6.07) is 0. The average Bonchev–Trinajstić information content (AvgIpc) is 1.98. The van der Waals surface area contributed by atoms with E-state index in [0.29, 0.717) is 6.54 Å². The molecule has 0 N–H and O–H groups in total. The van der Waals surface area contributed by atoms with Crippen molar-refractivity contribution >= 4 is 17.7 Å². The molecule has 0 aromatic rings. The molecular formula is C5H8ClNO. The van der Waals surface area contributed by atoms with Crippen LogP contribution in [-0.2, 0) is 4.79 Å². The van der Waals surface area contributed by atoms with E-state index in [4.69, 9.17) is 11.8 Å². The van der Waals surface area contributed by atoms with Crippen molar-refractivity contribution in [1.82, 2.24) is 4.42 Å². The largest absolute Gasteiger partial charge is 0.273 e. The van der Waals surface area contributed by atoms with Gasteiger partial charge in [-0.05, 0) is 6.42 Å². The van der Waals surface area contributed by atoms with E-state index in [1.807, 2.05) is 6.92 Å². The number of halogens is 1. The zero-order chi connectivity index (χ0) is 6.15. The molecule has 1 aliphatic rings. The number of carbonyl (C=O) groups excluding carboxylic acids is 1. The molecule has 1 rings (SSSR count). The molecule has 46 valence electrons. The van der Waals surface area contributed by atoms with Gasteiger partial charge in [0.15, 0.2) is 0 Å². The molecule has 1 fully saturated rings. The molecule has 1 saturated heterocycles. The highest BCUT2D eigenvalue weighted by Crippen LogP contribution is 2.17. The number of nitrogens with zero attached hydrogens (tertiary/aromatic N) is 1. The Morgan fingerprint density at radius 2 is 2.50 bits per heavy atom. The first-order chi connectivity index (χ1) is 3.72. The van der Waals surface area contributed by atoms with Gasteiger partial charge < -0.3 is 0 Å². The maximum atomic E-state index is 10.7. The van der Waals surface area contributed by atoms with Gasteiger partial charge in [0.1, 0.15) is 0 Å². The summed E-state index contributed by atoms with van der Waals surface area (Å²) in [6.45, 7) is 2.60. The summed E-state index contributed by atoms with van der Waals surface area (Å²) in [5.74, 6) is 0.208. The van der Waals surface area contributed by atoms with E-state index in [1.54, 1.807) is 0 Å². The molecule has 0 aromatic carbocycles. The predicted molar refractivity (Wildman–Crippen MR) is 31.3 cm³/mol. The van der Waals surface area contributed by atoms with E-state index in [9.17, 15) is 4.79 Å². The first kappa shape index (κ1) is 5.89. The van der Waals surface area contributed by atoms with Gasteiger partial charge in [0, 0.05) is 24.2 Å². The van der Waals surface area contributed by atoms with Gasteiger partial charge in [0.25, 0.3) is 0 Å². The summed E-state index contributed by atoms with van der Waals surface area (Å²) >= 11 is 5.44. The Balaban J connectivity index is 2.57. The quantitative estimate of drug-likeness (QED) is 0.452. The lowest BCUT2D eigenvalue weighted by atomic mass is 10.1. The summed E-state index contributed by atoms with van der Waals surface area (Å²) < 4.78 is 1.25. The second-order valence-electron chi connectivity index (χ2n) is 2.11. The van der Waals surface area contributed by atoms with Gasteiger partial charge in [-0.15, -0.1) is 0 Å². The van der Waals surface area contributed by atoms with E-state index >= 15 is 0 Å². The molecule has 1 heterocycles. The lowest BCUT2D eigenvalue weighted by Gasteiger charge is -2.00. The van der Waals surface area contributed by atoms with Crippen molar-refractivity contribution in [2.45, 2.75) is 13.3 Å². The van der Waals surface area contributed by atoms with Crippen molar-refractivity contribution < 1.29 is 4.79 Å². The van der Waals surface area contributed by atoms with Crippen LogP contribution >= 0.6 is 11.8 Å². The average molecular weight is 134 g/mol. The molecule has 1 aliphatic heterocycles. The van der Waals surface area contributed by atoms with Crippen LogP contribution in [-0.4, -0.2) is 16.9 Å². The molecule has 0 aromatic heterocycles. The second kappa shape index (κ2) is 1.94. The molecule has 3 heteroatoms. The van der Waals surface area contributed by atoms with Crippen LogP contribution in [0.3, 0.4) is 0 Å². The molecule has 0 aliphatic carbocycles. The minimum absolute atomic E-state index is 0.0617. The SMILES string of the molecule is CC1CCN(Cl)C1=O. The fraction of sp³-hybridized carbons (Fsp3) is 0.800. The number of hydrogen-bond acceptors (Lipinski definition) is 1. The van der Waals surface area contributed by atoms with Crippen LogP contribution < -0.4 is 0 Å². The van der Waals surface area contributed by atoms with Crippen LogP contribution in [0.4, 0.5) is 0 Å². The van der Waals surface area contributed by atoms with E-state index in [0.717, 1.165) is 6.42 Å². The van der Waals surface area contributed by atoms with Crippen molar-refractivity contribution in [1.29, 1.82) is 0 Å². The minimum Gasteiger partial charge on any atom is -0.273 e. The summed E-state index contributed by atoms with van der Waals surface area (Å²) in [4.78, 5) is 10.7. The van der Waals surface area contributed by atoms with Gasteiger partial charge in [0.2, 0.25) is 5.91 Å². The summed E-state index contributed by atoms with van der Waals surface area (Å²) in [5, 5.41) is 0. The monoisotopic (exact) mass is 133 g/mol. The molecule has 2 nitrogen and oxygen atoms in total. The van der Waals surface area contributed by atoms with Crippen LogP contribution in [0.1, 0.15) is 13.3 Å². The normalized spacial score (nSPS) is 29.5. The molecule has 0 bridgehead atoms. The summed E-state index contributed by atoms with van der Waals surface area (Å²) in [5.41, 5.74) is 0. The van der Waals surface area contributed by atoms with Crippen LogP contribution in [0.25, 0.3) is 0 Å². The smallest absolute Gasteiger partial charge is 0.239 e. The van der Waals surface area contributed by atoms with Crippen molar-refractivity contribution in [3.05, 3.63) is 0 Å². The molecule has 1 atom stereocenters. The molecule has 0 spiro atoms. The zero-order valence-electron chi connectivity index (χ0n) is 4.72. The topological polar surface area (TPSA) is 20.3 Å². The Hall–Kier alpha value is -0.240. The van der Waals surface area contributed by atoms with Gasteiger partial charge >= 0.3 is 0 Å². The molecule has 1 amide bonds. The Morgan fingerprint density at radius 1 is 1.88 bits per heavy atom. The fourth-order valence-corrected chi connectivity index (χ4v) is 1.04. The van der Waals surface area contributed by atoms with Gasteiger partial charge in [-0.3, -0.25) is 9.21 Å². The van der Waals surface area contributed by atoms with Crippen molar-refractivity contribution in [3.8, 4) is 0 Å². The van der Waals surface area contributed by atoms with Crippen molar-refractivity contribution in [2.24, 2.45) is 5.92 Å². The van der Waals surface area contributed by atoms with E-state index < -0.39 is 0 Å². The maximum absolute atomic E-state index is 10.7. The molecule has 0 saturated carbocycles. The Labute approximate surface area is 53.5 Å². The Kier molecular flexibility index (Phi) is 1.43. The molecular weight excluding hydrogens is 126 g/mol. The van der Waals surface area contributed by atoms with Gasteiger partial charge in [-0.1, -0.05) is 6.92 Å². The first-order valence-corrected chi connectivity index (χ1v) is 3.03. The van der Waals surface area contributed by atoms with Crippen LogP contribution in [0.5, 0.6) is 0 Å². The fourth-order valence-electron chi connectivity index (χ4n) is 0.780. The van der Waals surface area contributed by atoms with Crippen molar-refractivity contribution in [2.75, 3.05) is 6.54 Å². The number of carbonyl (C=O) groups is 1. The van der Waals surface area contributed by atoms with Crippen LogP contribution in [0.15, 0.2) is 0 Å². The highest BCUT2D eigenvalue weighted by molar-refractivity contribution is 6.22. The maximum Gasteiger partial charge on any atom is 0.239 e. The van der Waals surface area contributed by atoms with Crippen LogP contribution in [0, 0.1) is 5.92 Å². The Morgan fingerprint density at radius 3 is 2.62 bits per heavy atom. The zero-order valence-corrected chi connectivity index (χ0v) is 5.48. The Bertz CT molecular complexity index is 103. The van der Waals surface area contributed by atoms with E-state index in [-0.39, 0.29) is 11.8 Å². The predicted octanol–water partition coefficient (Wildman–Crippen LogP) is 1.01. The molecule has 1 unspecified atom stereocenters. The third-order valence-electron chi connectivity index (χ3n) is 1.42. The van der Waals surface area contributed by atoms with Crippen molar-refractivity contribution in [3.63, 3.8) is 0 Å². The first-order valence-electron chi connectivity index (χ1n) is 2.69. The second-order valence-corrected chi connectivity index (χ2v) is 2.52. The molecule has 0 radical (unpaired) electrons. The highest BCUT2D eigenvalue weighted by atomic mass is 35.5. The highest BCUT2D eigenvalue weighted by Gasteiger charge is 2.25.